The highest BCUT2D eigenvalue weighted by Gasteiger charge is 2.15. The van der Waals surface area contributed by atoms with E-state index in [0.717, 1.165) is 6.07 Å². The molecule has 1 aromatic carbocycles. The fraction of sp³-hybridized carbons (Fsp3) is 0. The van der Waals surface area contributed by atoms with Crippen LogP contribution in [0.4, 0.5) is 8.78 Å². The SMILES string of the molecule is N#Cc1c(F)cc(Cl)c(Cl)c1F. The van der Waals surface area contributed by atoms with Crippen molar-refractivity contribution in [1.82, 2.24) is 0 Å². The maximum absolute atomic E-state index is 12.8. The Kier molecular flexibility index (Phi) is 2.51. The molecule has 0 aliphatic carbocycles. The number of hydrogen-bond acceptors (Lipinski definition) is 1. The minimum atomic E-state index is -1.12. The lowest BCUT2D eigenvalue weighted by atomic mass is 10.2. The van der Waals surface area contributed by atoms with Crippen molar-refractivity contribution < 1.29 is 8.78 Å². The maximum Gasteiger partial charge on any atom is 0.164 e. The molecule has 0 heterocycles. The van der Waals surface area contributed by atoms with Gasteiger partial charge in [-0.3, -0.25) is 0 Å². The van der Waals surface area contributed by atoms with Gasteiger partial charge >= 0.3 is 0 Å². The Morgan fingerprint density at radius 3 is 2.42 bits per heavy atom. The number of hydrogen-bond donors (Lipinski definition) is 0. The molecule has 1 rings (SSSR count). The Bertz CT molecular complexity index is 371. The van der Waals surface area contributed by atoms with Crippen LogP contribution in [0, 0.1) is 23.0 Å². The fourth-order valence-corrected chi connectivity index (χ4v) is 0.997. The summed E-state index contributed by atoms with van der Waals surface area (Å²) in [4.78, 5) is 0. The van der Waals surface area contributed by atoms with Gasteiger partial charge in [-0.05, 0) is 6.07 Å². The van der Waals surface area contributed by atoms with Crippen molar-refractivity contribution in [3.63, 3.8) is 0 Å². The van der Waals surface area contributed by atoms with Crippen LogP contribution in [0.1, 0.15) is 5.56 Å². The zero-order valence-corrected chi connectivity index (χ0v) is 7.05. The molecular weight excluding hydrogens is 207 g/mol. The van der Waals surface area contributed by atoms with Crippen molar-refractivity contribution in [2.75, 3.05) is 0 Å². The van der Waals surface area contributed by atoms with Crippen LogP contribution >= 0.6 is 23.2 Å². The number of rotatable bonds is 0. The lowest BCUT2D eigenvalue weighted by molar-refractivity contribution is 0.577. The van der Waals surface area contributed by atoms with Gasteiger partial charge in [-0.1, -0.05) is 23.2 Å². The summed E-state index contributed by atoms with van der Waals surface area (Å²) in [6.45, 7) is 0. The molecule has 0 amide bonds. The van der Waals surface area contributed by atoms with Crippen molar-refractivity contribution >= 4 is 23.2 Å². The molecule has 0 radical (unpaired) electrons. The summed E-state index contributed by atoms with van der Waals surface area (Å²) in [5, 5.41) is 7.60. The molecule has 0 spiro atoms. The van der Waals surface area contributed by atoms with Gasteiger partial charge in [0.05, 0.1) is 10.0 Å². The molecular formula is C7HCl2F2N. The zero-order valence-electron chi connectivity index (χ0n) is 5.54. The van der Waals surface area contributed by atoms with Crippen molar-refractivity contribution in [3.8, 4) is 6.07 Å². The maximum atomic E-state index is 12.8. The smallest absolute Gasteiger partial charge is 0.164 e. The summed E-state index contributed by atoms with van der Waals surface area (Å²) < 4.78 is 25.5. The van der Waals surface area contributed by atoms with Crippen LogP contribution in [0.15, 0.2) is 6.07 Å². The fourth-order valence-electron chi connectivity index (χ4n) is 0.669. The molecule has 62 valence electrons. The van der Waals surface area contributed by atoms with Gasteiger partial charge < -0.3 is 0 Å². The summed E-state index contributed by atoms with van der Waals surface area (Å²) in [7, 11) is 0. The molecule has 0 aliphatic heterocycles. The largest absolute Gasteiger partial charge is 0.205 e. The highest BCUT2D eigenvalue weighted by Crippen LogP contribution is 2.28. The highest BCUT2D eigenvalue weighted by atomic mass is 35.5. The molecule has 0 aliphatic rings. The molecule has 0 fully saturated rings. The van der Waals surface area contributed by atoms with E-state index in [1.54, 1.807) is 0 Å². The quantitative estimate of drug-likeness (QED) is 0.474. The monoisotopic (exact) mass is 207 g/mol. The molecule has 0 bridgehead atoms. The van der Waals surface area contributed by atoms with Crippen LogP contribution in [0.3, 0.4) is 0 Å². The lowest BCUT2D eigenvalue weighted by Gasteiger charge is -1.99. The summed E-state index contributed by atoms with van der Waals surface area (Å²) >= 11 is 10.6. The number of nitrogens with zero attached hydrogens (tertiary/aromatic N) is 1. The van der Waals surface area contributed by atoms with Gasteiger partial charge in [0.1, 0.15) is 17.4 Å². The molecule has 1 nitrogen and oxygen atoms in total. The molecule has 0 N–H and O–H groups in total. The molecule has 0 saturated heterocycles. The van der Waals surface area contributed by atoms with Crippen molar-refractivity contribution in [1.29, 1.82) is 5.26 Å². The van der Waals surface area contributed by atoms with E-state index < -0.39 is 22.2 Å². The standard InChI is InChI=1S/C7HCl2F2N/c8-4-1-5(10)3(2-12)7(11)6(4)9/h1H. The molecule has 12 heavy (non-hydrogen) atoms. The van der Waals surface area contributed by atoms with Crippen LogP contribution < -0.4 is 0 Å². The van der Waals surface area contributed by atoms with E-state index in [1.165, 1.54) is 6.07 Å². The minimum Gasteiger partial charge on any atom is -0.205 e. The van der Waals surface area contributed by atoms with Gasteiger partial charge in [0, 0.05) is 0 Å². The van der Waals surface area contributed by atoms with E-state index in [-0.39, 0.29) is 5.02 Å². The number of nitriles is 1. The summed E-state index contributed by atoms with van der Waals surface area (Å²) in [6.07, 6.45) is 0. The Hall–Kier alpha value is -0.850. The Labute approximate surface area is 77.1 Å². The Balaban J connectivity index is 3.54. The molecule has 0 unspecified atom stereocenters. The summed E-state index contributed by atoms with van der Waals surface area (Å²) in [5.74, 6) is -2.13. The molecule has 0 aromatic heterocycles. The van der Waals surface area contributed by atoms with Gasteiger partial charge in [0.15, 0.2) is 5.82 Å². The summed E-state index contributed by atoms with van der Waals surface area (Å²) in [5.41, 5.74) is -0.718. The molecule has 0 saturated carbocycles. The van der Waals surface area contributed by atoms with Crippen molar-refractivity contribution in [2.45, 2.75) is 0 Å². The van der Waals surface area contributed by atoms with Gasteiger partial charge in [0.2, 0.25) is 0 Å². The van der Waals surface area contributed by atoms with E-state index in [2.05, 4.69) is 0 Å². The second kappa shape index (κ2) is 3.26. The van der Waals surface area contributed by atoms with E-state index in [1.807, 2.05) is 0 Å². The van der Waals surface area contributed by atoms with Gasteiger partial charge in [-0.15, -0.1) is 0 Å². The predicted molar refractivity (Wildman–Crippen MR) is 41.1 cm³/mol. The van der Waals surface area contributed by atoms with Gasteiger partial charge in [0.25, 0.3) is 0 Å². The zero-order chi connectivity index (χ0) is 9.30. The normalized spacial score (nSPS) is 9.58. The van der Waals surface area contributed by atoms with E-state index >= 15 is 0 Å². The van der Waals surface area contributed by atoms with Crippen molar-refractivity contribution in [3.05, 3.63) is 33.3 Å². The third-order valence-electron chi connectivity index (χ3n) is 1.23. The Morgan fingerprint density at radius 1 is 1.33 bits per heavy atom. The predicted octanol–water partition coefficient (Wildman–Crippen LogP) is 3.14. The second-order valence-corrected chi connectivity index (χ2v) is 2.74. The highest BCUT2D eigenvalue weighted by molar-refractivity contribution is 6.42. The summed E-state index contributed by atoms with van der Waals surface area (Å²) in [6, 6.07) is 2.14. The van der Waals surface area contributed by atoms with Crippen LogP contribution in [-0.2, 0) is 0 Å². The van der Waals surface area contributed by atoms with Gasteiger partial charge in [-0.2, -0.15) is 5.26 Å². The van der Waals surface area contributed by atoms with Crippen LogP contribution in [-0.4, -0.2) is 0 Å². The minimum absolute atomic E-state index is 0.245. The number of benzene rings is 1. The molecule has 0 atom stereocenters. The second-order valence-electron chi connectivity index (χ2n) is 1.95. The van der Waals surface area contributed by atoms with E-state index in [4.69, 9.17) is 28.5 Å². The van der Waals surface area contributed by atoms with Gasteiger partial charge in [-0.25, -0.2) is 8.78 Å². The average molecular weight is 208 g/mol. The third-order valence-corrected chi connectivity index (χ3v) is 1.99. The first kappa shape index (κ1) is 9.24. The molecule has 1 aromatic rings. The Morgan fingerprint density at radius 2 is 1.92 bits per heavy atom. The molecule has 5 heteroatoms. The first-order chi connectivity index (χ1) is 5.57. The van der Waals surface area contributed by atoms with Crippen LogP contribution in [0.5, 0.6) is 0 Å². The number of halogens is 4. The topological polar surface area (TPSA) is 23.8 Å². The van der Waals surface area contributed by atoms with Crippen molar-refractivity contribution in [2.24, 2.45) is 0 Å². The van der Waals surface area contributed by atoms with E-state index in [0.29, 0.717) is 0 Å². The van der Waals surface area contributed by atoms with E-state index in [9.17, 15) is 8.78 Å². The average Bonchev–Trinajstić information content (AvgIpc) is 2.01. The third kappa shape index (κ3) is 1.36. The first-order valence-electron chi connectivity index (χ1n) is 2.81. The lowest BCUT2D eigenvalue weighted by Crippen LogP contribution is -1.91. The first-order valence-corrected chi connectivity index (χ1v) is 3.56. The van der Waals surface area contributed by atoms with Crippen LogP contribution in [0.25, 0.3) is 0 Å². The van der Waals surface area contributed by atoms with Crippen LogP contribution in [0.2, 0.25) is 10.0 Å².